The lowest BCUT2D eigenvalue weighted by atomic mass is 9.63. The van der Waals surface area contributed by atoms with Gasteiger partial charge in [-0.1, -0.05) is 94.3 Å². The summed E-state index contributed by atoms with van der Waals surface area (Å²) in [6.07, 6.45) is 2.45. The molecule has 2 nitrogen and oxygen atoms in total. The minimum atomic E-state index is -1.91. The van der Waals surface area contributed by atoms with Crippen LogP contribution in [0.3, 0.4) is 0 Å². The summed E-state index contributed by atoms with van der Waals surface area (Å²) in [5, 5.41) is 12.1. The third-order valence-corrected chi connectivity index (χ3v) is 12.6. The van der Waals surface area contributed by atoms with Crippen molar-refractivity contribution >= 4 is 24.4 Å². The van der Waals surface area contributed by atoms with E-state index in [0.29, 0.717) is 5.56 Å². The lowest BCUT2D eigenvalue weighted by molar-refractivity contribution is 0.0697. The number of fused-ring (bicyclic) bond motifs is 1. The van der Waals surface area contributed by atoms with Crippen molar-refractivity contribution in [1.82, 2.24) is 0 Å². The molecule has 28 heavy (non-hydrogen) atoms. The van der Waals surface area contributed by atoms with Crippen LogP contribution >= 0.6 is 0 Å². The maximum absolute atomic E-state index is 11.3. The van der Waals surface area contributed by atoms with Crippen LogP contribution in [0.15, 0.2) is 42.5 Å². The Morgan fingerprint density at radius 3 is 1.86 bits per heavy atom. The van der Waals surface area contributed by atoms with Gasteiger partial charge in [0.2, 0.25) is 0 Å². The molecule has 2 aromatic carbocycles. The Bertz CT molecular complexity index is 874. The van der Waals surface area contributed by atoms with Crippen LogP contribution in [0.25, 0.3) is 0 Å². The van der Waals surface area contributed by atoms with Gasteiger partial charge in [-0.15, -0.1) is 0 Å². The van der Waals surface area contributed by atoms with E-state index in [-0.39, 0.29) is 10.8 Å². The predicted molar refractivity (Wildman–Crippen MR) is 121 cm³/mol. The average Bonchev–Trinajstić information content (AvgIpc) is 2.67. The summed E-state index contributed by atoms with van der Waals surface area (Å²) in [4.78, 5) is 11.3. The van der Waals surface area contributed by atoms with Gasteiger partial charge in [-0.05, 0) is 46.9 Å². The van der Waals surface area contributed by atoms with Gasteiger partial charge in [0.05, 0.1) is 5.56 Å². The summed E-state index contributed by atoms with van der Waals surface area (Å²) < 4.78 is 0. The number of hydrogen-bond acceptors (Lipinski definition) is 1. The summed E-state index contributed by atoms with van der Waals surface area (Å²) in [5.41, 5.74) is 3.82. The van der Waals surface area contributed by atoms with Gasteiger partial charge in [0.1, 0.15) is 8.07 Å². The standard InChI is InChI=1S/C25H34O2Si/c1-7-28(8-2,19-11-9-18(10-12-19)23(26)27)20-13-14-21-22(17-20)25(5,6)16-15-24(21,3)4/h9-14,17H,7-8,15-16H2,1-6H3,(H,26,27). The second-order valence-corrected chi connectivity index (χ2v) is 14.4. The molecule has 150 valence electrons. The Labute approximate surface area is 171 Å². The van der Waals surface area contributed by atoms with Crippen LogP contribution in [-0.4, -0.2) is 19.1 Å². The Hall–Kier alpha value is -1.87. The fraction of sp³-hybridized carbons (Fsp3) is 0.480. The summed E-state index contributed by atoms with van der Waals surface area (Å²) in [6, 6.07) is 17.2. The molecule has 0 atom stereocenters. The molecule has 0 heterocycles. The highest BCUT2D eigenvalue weighted by molar-refractivity contribution is 7.02. The molecular weight excluding hydrogens is 360 g/mol. The molecule has 3 rings (SSSR count). The topological polar surface area (TPSA) is 37.3 Å². The number of carboxylic acid groups (broad SMARTS) is 1. The van der Waals surface area contributed by atoms with Crippen molar-refractivity contribution in [2.75, 3.05) is 0 Å². The van der Waals surface area contributed by atoms with E-state index in [1.807, 2.05) is 0 Å². The Morgan fingerprint density at radius 1 is 0.857 bits per heavy atom. The van der Waals surface area contributed by atoms with Crippen LogP contribution in [0.5, 0.6) is 0 Å². The highest BCUT2D eigenvalue weighted by Gasteiger charge is 2.40. The monoisotopic (exact) mass is 394 g/mol. The zero-order chi connectivity index (χ0) is 20.7. The molecule has 0 unspecified atom stereocenters. The maximum atomic E-state index is 11.3. The SMILES string of the molecule is CC[Si](CC)(c1ccc(C(=O)O)cc1)c1ccc2c(c1)C(C)(C)CCC2(C)C. The average molecular weight is 395 g/mol. The maximum Gasteiger partial charge on any atom is 0.335 e. The Balaban J connectivity index is 2.17. The Morgan fingerprint density at radius 2 is 1.36 bits per heavy atom. The van der Waals surface area contributed by atoms with Crippen LogP contribution in [0.1, 0.15) is 75.9 Å². The lowest BCUT2D eigenvalue weighted by Crippen LogP contribution is -2.57. The number of benzene rings is 2. The van der Waals surface area contributed by atoms with Crippen molar-refractivity contribution in [3.05, 3.63) is 59.2 Å². The smallest absolute Gasteiger partial charge is 0.335 e. The van der Waals surface area contributed by atoms with Crippen molar-refractivity contribution in [3.63, 3.8) is 0 Å². The Kier molecular flexibility index (Phi) is 5.35. The van der Waals surface area contributed by atoms with Crippen molar-refractivity contribution in [2.45, 2.75) is 77.3 Å². The van der Waals surface area contributed by atoms with Gasteiger partial charge in [0.15, 0.2) is 0 Å². The molecule has 0 amide bonds. The van der Waals surface area contributed by atoms with E-state index >= 15 is 0 Å². The number of carbonyl (C=O) groups is 1. The van der Waals surface area contributed by atoms with Gasteiger partial charge in [-0.25, -0.2) is 4.79 Å². The van der Waals surface area contributed by atoms with E-state index in [4.69, 9.17) is 0 Å². The minimum Gasteiger partial charge on any atom is -0.478 e. The summed E-state index contributed by atoms with van der Waals surface area (Å²) in [7, 11) is -1.91. The summed E-state index contributed by atoms with van der Waals surface area (Å²) in [5.74, 6) is -0.857. The van der Waals surface area contributed by atoms with Gasteiger partial charge in [0.25, 0.3) is 0 Å². The van der Waals surface area contributed by atoms with Gasteiger partial charge >= 0.3 is 5.97 Å². The van der Waals surface area contributed by atoms with Crippen LogP contribution in [0.4, 0.5) is 0 Å². The first-order chi connectivity index (χ1) is 13.1. The molecule has 0 saturated carbocycles. The van der Waals surface area contributed by atoms with Crippen LogP contribution in [0.2, 0.25) is 12.1 Å². The molecule has 0 aliphatic heterocycles. The molecule has 0 spiro atoms. The second-order valence-electron chi connectivity index (χ2n) is 9.70. The number of carboxylic acids is 1. The summed E-state index contributed by atoms with van der Waals surface area (Å²) in [6.45, 7) is 14.1. The normalized spacial score (nSPS) is 17.8. The molecule has 1 N–H and O–H groups in total. The van der Waals surface area contributed by atoms with E-state index in [1.54, 1.807) is 12.1 Å². The molecule has 3 heteroatoms. The van der Waals surface area contributed by atoms with Crippen molar-refractivity contribution in [2.24, 2.45) is 0 Å². The van der Waals surface area contributed by atoms with E-state index in [1.165, 1.54) is 34.3 Å². The quantitative estimate of drug-likeness (QED) is 0.695. The lowest BCUT2D eigenvalue weighted by Gasteiger charge is -2.43. The molecular formula is C25H34O2Si. The van der Waals surface area contributed by atoms with E-state index < -0.39 is 14.0 Å². The zero-order valence-corrected chi connectivity index (χ0v) is 19.2. The van der Waals surface area contributed by atoms with E-state index in [9.17, 15) is 9.90 Å². The molecule has 1 aliphatic rings. The molecule has 2 aromatic rings. The third kappa shape index (κ3) is 3.34. The van der Waals surface area contributed by atoms with Crippen molar-refractivity contribution < 1.29 is 9.90 Å². The predicted octanol–water partition coefficient (Wildman–Crippen LogP) is 5.34. The van der Waals surface area contributed by atoms with Crippen molar-refractivity contribution in [1.29, 1.82) is 0 Å². The largest absolute Gasteiger partial charge is 0.478 e. The summed E-state index contributed by atoms with van der Waals surface area (Å²) >= 11 is 0. The first-order valence-corrected chi connectivity index (χ1v) is 13.0. The molecule has 0 aromatic heterocycles. The molecule has 0 bridgehead atoms. The van der Waals surface area contributed by atoms with Gasteiger partial charge in [-0.2, -0.15) is 0 Å². The number of hydrogen-bond donors (Lipinski definition) is 1. The molecule has 0 saturated heterocycles. The van der Waals surface area contributed by atoms with Crippen LogP contribution < -0.4 is 10.4 Å². The van der Waals surface area contributed by atoms with Gasteiger partial charge < -0.3 is 5.11 Å². The number of rotatable bonds is 5. The van der Waals surface area contributed by atoms with Gasteiger partial charge in [0, 0.05) is 0 Å². The van der Waals surface area contributed by atoms with E-state index in [2.05, 4.69) is 71.9 Å². The molecule has 0 radical (unpaired) electrons. The fourth-order valence-electron chi connectivity index (χ4n) is 5.05. The second kappa shape index (κ2) is 7.18. The third-order valence-electron chi connectivity index (χ3n) is 7.30. The van der Waals surface area contributed by atoms with Crippen LogP contribution in [-0.2, 0) is 10.8 Å². The van der Waals surface area contributed by atoms with Crippen LogP contribution in [0, 0.1) is 0 Å². The number of aromatic carboxylic acids is 1. The van der Waals surface area contributed by atoms with E-state index in [0.717, 1.165) is 12.1 Å². The zero-order valence-electron chi connectivity index (χ0n) is 18.2. The van der Waals surface area contributed by atoms with Gasteiger partial charge in [-0.3, -0.25) is 0 Å². The van der Waals surface area contributed by atoms with Crippen molar-refractivity contribution in [3.8, 4) is 0 Å². The first-order valence-electron chi connectivity index (χ1n) is 10.6. The minimum absolute atomic E-state index is 0.204. The fourth-order valence-corrected chi connectivity index (χ4v) is 9.15. The molecule has 0 fully saturated rings. The highest BCUT2D eigenvalue weighted by atomic mass is 28.3. The first kappa shape index (κ1) is 20.9. The highest BCUT2D eigenvalue weighted by Crippen LogP contribution is 2.45. The molecule has 1 aliphatic carbocycles.